The van der Waals surface area contributed by atoms with Gasteiger partial charge in [-0.1, -0.05) is 12.1 Å². The number of phenolic OH excluding ortho intramolecular Hbond substituents is 2. The normalized spacial score (nSPS) is 37.2. The fourth-order valence-corrected chi connectivity index (χ4v) is 5.07. The second kappa shape index (κ2) is 11.7. The van der Waals surface area contributed by atoms with Crippen molar-refractivity contribution in [1.29, 1.82) is 0 Å². The van der Waals surface area contributed by atoms with E-state index in [1.807, 2.05) is 0 Å². The van der Waals surface area contributed by atoms with E-state index in [4.69, 9.17) is 23.7 Å². The van der Waals surface area contributed by atoms with Gasteiger partial charge in [0.25, 0.3) is 0 Å². The van der Waals surface area contributed by atoms with Crippen molar-refractivity contribution in [1.82, 2.24) is 0 Å². The van der Waals surface area contributed by atoms with Gasteiger partial charge in [-0.2, -0.15) is 0 Å². The Morgan fingerprint density at radius 1 is 0.878 bits per heavy atom. The summed E-state index contributed by atoms with van der Waals surface area (Å²) in [5.74, 6) is -0.947. The Morgan fingerprint density at radius 3 is 2.27 bits per heavy atom. The summed E-state index contributed by atoms with van der Waals surface area (Å²) < 4.78 is 28.6. The molecule has 14 nitrogen and oxygen atoms in total. The number of hydrogen-bond acceptors (Lipinski definition) is 14. The number of Topliss-reactive ketones (excluding diaryl/α,β-unsaturated/α-hetero) is 1. The third kappa shape index (κ3) is 5.70. The maximum absolute atomic E-state index is 12.9. The Hall–Kier alpha value is -3.05. The monoisotopic (exact) mass is 580 g/mol. The van der Waals surface area contributed by atoms with Gasteiger partial charge in [-0.3, -0.25) is 4.79 Å². The number of phenols is 2. The number of ether oxygens (including phenoxy) is 5. The van der Waals surface area contributed by atoms with Gasteiger partial charge < -0.3 is 64.5 Å². The quantitative estimate of drug-likeness (QED) is 0.202. The summed E-state index contributed by atoms with van der Waals surface area (Å²) in [5.41, 5.74) is 0.529. The number of carbonyl (C=O) groups excluding carboxylic acids is 1. The van der Waals surface area contributed by atoms with Crippen molar-refractivity contribution in [3.63, 3.8) is 0 Å². The maximum Gasteiger partial charge on any atom is 0.229 e. The van der Waals surface area contributed by atoms with Crippen LogP contribution in [0.2, 0.25) is 0 Å². The lowest BCUT2D eigenvalue weighted by Gasteiger charge is -2.45. The van der Waals surface area contributed by atoms with Crippen molar-refractivity contribution in [2.45, 2.75) is 80.9 Å². The molecule has 3 aliphatic heterocycles. The van der Waals surface area contributed by atoms with Gasteiger partial charge in [-0.05, 0) is 24.6 Å². The minimum Gasteiger partial charge on any atom is -0.508 e. The molecule has 3 aliphatic rings. The van der Waals surface area contributed by atoms with Gasteiger partial charge in [0.15, 0.2) is 18.2 Å². The second-order valence-corrected chi connectivity index (χ2v) is 10.2. The van der Waals surface area contributed by atoms with Crippen LogP contribution in [-0.4, -0.2) is 115 Å². The molecule has 2 saturated heterocycles. The molecular formula is C27H32O14. The van der Waals surface area contributed by atoms with Crippen molar-refractivity contribution in [2.24, 2.45) is 0 Å². The third-order valence-electron chi connectivity index (χ3n) is 7.42. The van der Waals surface area contributed by atoms with Crippen LogP contribution in [0.1, 0.15) is 35.4 Å². The summed E-state index contributed by atoms with van der Waals surface area (Å²) in [6, 6.07) is 8.50. The van der Waals surface area contributed by atoms with Crippen LogP contribution < -0.4 is 9.47 Å². The first-order chi connectivity index (χ1) is 19.5. The van der Waals surface area contributed by atoms with E-state index in [0.717, 1.165) is 6.07 Å². The second-order valence-electron chi connectivity index (χ2n) is 10.2. The number of aliphatic hydroxyl groups is 6. The largest absolute Gasteiger partial charge is 0.508 e. The van der Waals surface area contributed by atoms with E-state index in [0.29, 0.717) is 5.56 Å². The van der Waals surface area contributed by atoms with Crippen LogP contribution in [0.15, 0.2) is 36.4 Å². The fourth-order valence-electron chi connectivity index (χ4n) is 5.07. The van der Waals surface area contributed by atoms with E-state index in [-0.39, 0.29) is 29.2 Å². The Bertz CT molecular complexity index is 1240. The Kier molecular flexibility index (Phi) is 8.39. The number of aromatic hydroxyl groups is 2. The number of ketones is 1. The van der Waals surface area contributed by atoms with Crippen molar-refractivity contribution in [3.8, 4) is 23.0 Å². The SMILES string of the molecule is C[C@H]1O[C@@H](O[C@H]2[C@H](Oc3cc(O)c4c(c3)O[C@H](c3ccc(O)cc3)CC4=O)O[C@H](CO)[C@H](O)[C@@H]2O)[C@@H](O)[C@@H](O)[C@@H]1O. The molecule has 0 aromatic heterocycles. The van der Waals surface area contributed by atoms with Crippen LogP contribution >= 0.6 is 0 Å². The number of fused-ring (bicyclic) bond motifs is 1. The Morgan fingerprint density at radius 2 is 1.59 bits per heavy atom. The molecule has 0 saturated carbocycles. The maximum atomic E-state index is 12.9. The van der Waals surface area contributed by atoms with Gasteiger partial charge >= 0.3 is 0 Å². The molecule has 0 bridgehead atoms. The Labute approximate surface area is 233 Å². The summed E-state index contributed by atoms with van der Waals surface area (Å²) in [5, 5.41) is 81.6. The first-order valence-electron chi connectivity index (χ1n) is 13.0. The van der Waals surface area contributed by atoms with Gasteiger partial charge in [0.2, 0.25) is 6.29 Å². The molecule has 2 fully saturated rings. The highest BCUT2D eigenvalue weighted by Crippen LogP contribution is 2.43. The summed E-state index contributed by atoms with van der Waals surface area (Å²) in [6.45, 7) is 0.716. The summed E-state index contributed by atoms with van der Waals surface area (Å²) in [7, 11) is 0. The van der Waals surface area contributed by atoms with Crippen LogP contribution in [0.3, 0.4) is 0 Å². The molecule has 0 aliphatic carbocycles. The summed E-state index contributed by atoms with van der Waals surface area (Å²) in [6.07, 6.45) is -16.0. The van der Waals surface area contributed by atoms with Gasteiger partial charge in [0.05, 0.1) is 19.1 Å². The lowest BCUT2D eigenvalue weighted by atomic mass is 9.95. The van der Waals surface area contributed by atoms with Crippen LogP contribution in [-0.2, 0) is 14.2 Å². The standard InChI is InChI=1S/C27H32O14/c1-10-20(32)22(34)24(36)26(37-10)41-25-23(35)21(33)18(9-28)40-27(25)38-13-6-14(30)19-15(31)8-16(39-17(19)7-13)11-2-4-12(29)5-3-11/h2-7,10,16,18,20-30,32-36H,8-9H2,1H3/t10-,16+,18-,20-,21+,22+,23+,24+,25-,26+,27-/m1/s1. The lowest BCUT2D eigenvalue weighted by molar-refractivity contribution is -0.354. The van der Waals surface area contributed by atoms with Crippen molar-refractivity contribution < 1.29 is 69.3 Å². The number of carbonyl (C=O) groups is 1. The van der Waals surface area contributed by atoms with E-state index >= 15 is 0 Å². The summed E-state index contributed by atoms with van der Waals surface area (Å²) in [4.78, 5) is 12.9. The zero-order valence-electron chi connectivity index (χ0n) is 21.8. The molecule has 2 aromatic rings. The molecule has 0 spiro atoms. The number of aliphatic hydroxyl groups excluding tert-OH is 6. The van der Waals surface area contributed by atoms with Gasteiger partial charge in [-0.15, -0.1) is 0 Å². The topological polar surface area (TPSA) is 225 Å². The van der Waals surface area contributed by atoms with Crippen LogP contribution in [0, 0.1) is 0 Å². The lowest BCUT2D eigenvalue weighted by Crippen LogP contribution is -2.64. The highest BCUT2D eigenvalue weighted by Gasteiger charge is 2.51. The number of hydrogen-bond donors (Lipinski definition) is 8. The molecule has 2 aromatic carbocycles. The minimum absolute atomic E-state index is 0.0149. The Balaban J connectivity index is 1.41. The zero-order chi connectivity index (χ0) is 29.6. The molecule has 5 rings (SSSR count). The molecule has 41 heavy (non-hydrogen) atoms. The fraction of sp³-hybridized carbons (Fsp3) is 0.519. The molecule has 224 valence electrons. The zero-order valence-corrected chi connectivity index (χ0v) is 21.8. The van der Waals surface area contributed by atoms with Crippen LogP contribution in [0.4, 0.5) is 0 Å². The molecule has 0 amide bonds. The first-order valence-corrected chi connectivity index (χ1v) is 13.0. The minimum atomic E-state index is -1.75. The molecule has 14 heteroatoms. The first kappa shape index (κ1) is 29.4. The molecule has 0 radical (unpaired) electrons. The average Bonchev–Trinajstić information content (AvgIpc) is 2.94. The van der Waals surface area contributed by atoms with E-state index in [2.05, 4.69) is 0 Å². The average molecular weight is 581 g/mol. The molecule has 8 N–H and O–H groups in total. The predicted octanol–water partition coefficient (Wildman–Crippen LogP) is -1.17. The molecule has 11 atom stereocenters. The molecular weight excluding hydrogens is 548 g/mol. The van der Waals surface area contributed by atoms with Gasteiger partial charge in [0.1, 0.15) is 71.3 Å². The predicted molar refractivity (Wildman–Crippen MR) is 134 cm³/mol. The van der Waals surface area contributed by atoms with E-state index in [1.54, 1.807) is 12.1 Å². The van der Waals surface area contributed by atoms with Crippen LogP contribution in [0.5, 0.6) is 23.0 Å². The van der Waals surface area contributed by atoms with Crippen molar-refractivity contribution in [2.75, 3.05) is 6.61 Å². The van der Waals surface area contributed by atoms with Crippen LogP contribution in [0.25, 0.3) is 0 Å². The van der Waals surface area contributed by atoms with Crippen molar-refractivity contribution in [3.05, 3.63) is 47.5 Å². The van der Waals surface area contributed by atoms with E-state index in [1.165, 1.54) is 25.1 Å². The third-order valence-corrected chi connectivity index (χ3v) is 7.42. The molecule has 3 heterocycles. The summed E-state index contributed by atoms with van der Waals surface area (Å²) >= 11 is 0. The highest BCUT2D eigenvalue weighted by molar-refractivity contribution is 6.02. The van der Waals surface area contributed by atoms with Crippen molar-refractivity contribution >= 4 is 5.78 Å². The van der Waals surface area contributed by atoms with E-state index < -0.39 is 85.7 Å². The van der Waals surface area contributed by atoms with E-state index in [9.17, 15) is 45.6 Å². The van der Waals surface area contributed by atoms with Gasteiger partial charge in [0, 0.05) is 12.1 Å². The smallest absolute Gasteiger partial charge is 0.229 e. The molecule has 0 unspecified atom stereocenters. The highest BCUT2D eigenvalue weighted by atomic mass is 16.8. The number of benzene rings is 2. The van der Waals surface area contributed by atoms with Gasteiger partial charge in [-0.25, -0.2) is 0 Å². The number of rotatable bonds is 6.